The van der Waals surface area contributed by atoms with Gasteiger partial charge in [0.2, 0.25) is 5.78 Å². The van der Waals surface area contributed by atoms with E-state index in [-0.39, 0.29) is 16.7 Å². The Labute approximate surface area is 144 Å². The van der Waals surface area contributed by atoms with Crippen LogP contribution < -0.4 is 0 Å². The molecule has 0 aromatic carbocycles. The summed E-state index contributed by atoms with van der Waals surface area (Å²) in [4.78, 5) is 11.5. The van der Waals surface area contributed by atoms with Gasteiger partial charge in [0, 0.05) is 17.3 Å². The van der Waals surface area contributed by atoms with Crippen LogP contribution in [0.2, 0.25) is 0 Å². The molecular weight excluding hydrogens is 412 g/mol. The number of hydrogen-bond acceptors (Lipinski definition) is 3. The summed E-state index contributed by atoms with van der Waals surface area (Å²) in [6.07, 6.45) is 4.18. The van der Waals surface area contributed by atoms with E-state index in [9.17, 15) is 18.0 Å². The lowest BCUT2D eigenvalue weighted by Gasteiger charge is -2.10. The van der Waals surface area contributed by atoms with Crippen molar-refractivity contribution >= 4 is 61.6 Å². The predicted molar refractivity (Wildman–Crippen MR) is 83.2 cm³/mol. The molecule has 0 aliphatic carbocycles. The maximum absolute atomic E-state index is 11.5. The van der Waals surface area contributed by atoms with E-state index in [1.165, 1.54) is 0 Å². The smallest absolute Gasteiger partial charge is 0.289 e. The Morgan fingerprint density at radius 2 is 1.82 bits per heavy atom. The average molecular weight is 425 g/mol. The lowest BCUT2D eigenvalue weighted by atomic mass is 10.2. The fraction of sp³-hybridized carbons (Fsp3) is 0.700. The van der Waals surface area contributed by atoms with Crippen molar-refractivity contribution in [2.75, 3.05) is 11.5 Å². The molecule has 0 aromatic rings. The fourth-order valence-electron chi connectivity index (χ4n) is 1.47. The van der Waals surface area contributed by atoms with E-state index >= 15 is 0 Å². The fourth-order valence-corrected chi connectivity index (χ4v) is 4.43. The van der Waals surface area contributed by atoms with Gasteiger partial charge < -0.3 is 0 Å². The number of Topliss-reactive ketones (excluding diaryl/α,β-unsaturated/α-hetero) is 1. The van der Waals surface area contributed by atoms with Crippen molar-refractivity contribution in [1.29, 1.82) is 0 Å². The Hall–Kier alpha value is 0.330. The van der Waals surface area contributed by atoms with Crippen molar-refractivity contribution in [1.82, 2.24) is 0 Å². The summed E-state index contributed by atoms with van der Waals surface area (Å²) >= 11 is 16.5. The molecule has 1 heterocycles. The molecule has 2 atom stereocenters. The Morgan fingerprint density at radius 1 is 1.36 bits per heavy atom. The minimum atomic E-state index is -5.84. The van der Waals surface area contributed by atoms with E-state index in [0.717, 1.165) is 18.6 Å². The summed E-state index contributed by atoms with van der Waals surface area (Å²) in [5, 5.41) is 0.436. The lowest BCUT2D eigenvalue weighted by Crippen LogP contribution is -2.31. The number of carbonyl (C=O) groups excluding carboxylic acids is 1. The Bertz CT molecular complexity index is 503. The first kappa shape index (κ1) is 22.3. The maximum atomic E-state index is 11.5. The molecule has 0 saturated carbocycles. The zero-order chi connectivity index (χ0) is 17.8. The second-order valence-corrected chi connectivity index (χ2v) is 10.2. The molecule has 0 aromatic heterocycles. The van der Waals surface area contributed by atoms with Crippen molar-refractivity contribution in [3.05, 3.63) is 12.7 Å². The minimum Gasteiger partial charge on any atom is -0.289 e. The summed E-state index contributed by atoms with van der Waals surface area (Å²) < 4.78 is 55.8. The number of halogens is 6. The van der Waals surface area contributed by atoms with E-state index < -0.39 is 19.4 Å². The molecule has 1 saturated heterocycles. The highest BCUT2D eigenvalue weighted by Crippen LogP contribution is 2.31. The topological polar surface area (TPSA) is 71.4 Å². The first-order valence-corrected chi connectivity index (χ1v) is 9.82. The number of ketones is 1. The van der Waals surface area contributed by atoms with E-state index in [4.69, 9.17) is 47.8 Å². The van der Waals surface area contributed by atoms with Crippen molar-refractivity contribution in [2.45, 2.75) is 27.4 Å². The third-order valence-corrected chi connectivity index (χ3v) is 6.46. The molecule has 2 unspecified atom stereocenters. The van der Waals surface area contributed by atoms with Gasteiger partial charge in [0.15, 0.2) is 5.75 Å². The van der Waals surface area contributed by atoms with Gasteiger partial charge in [-0.25, -0.2) is 0 Å². The highest BCUT2D eigenvalue weighted by molar-refractivity contribution is 7.98. The van der Waals surface area contributed by atoms with Crippen LogP contribution in [0.3, 0.4) is 0 Å². The average Bonchev–Trinajstić information content (AvgIpc) is 2.73. The molecular formula is C10H13Cl3F3O4S2+. The first-order valence-electron chi connectivity index (χ1n) is 5.62. The maximum Gasteiger partial charge on any atom is 0.522 e. The van der Waals surface area contributed by atoms with E-state index in [1.807, 2.05) is 6.08 Å². The summed E-state index contributed by atoms with van der Waals surface area (Å²) in [6, 6.07) is 0. The molecule has 1 fully saturated rings. The molecule has 130 valence electrons. The van der Waals surface area contributed by atoms with Crippen LogP contribution in [-0.4, -0.2) is 44.8 Å². The van der Waals surface area contributed by atoms with Crippen molar-refractivity contribution in [3.63, 3.8) is 0 Å². The van der Waals surface area contributed by atoms with Crippen LogP contribution in [0.15, 0.2) is 12.7 Å². The van der Waals surface area contributed by atoms with Gasteiger partial charge in [-0.15, -0.1) is 0 Å². The van der Waals surface area contributed by atoms with Crippen molar-refractivity contribution < 1.29 is 30.9 Å². The zero-order valence-corrected chi connectivity index (χ0v) is 14.8. The van der Waals surface area contributed by atoms with E-state index in [0.29, 0.717) is 11.0 Å². The standard InChI is InChI=1S/C9H12Cl3OS.CHF3O3S/c1-2-7-4-3-5-14(7)6-8(13)9(10,11)12;2-1(3,4)8(5,6)7/h2,7H,1,3-6H2;(H,5,6,7)/q+1;. The van der Waals surface area contributed by atoms with Gasteiger partial charge in [-0.2, -0.15) is 21.6 Å². The molecule has 1 aliphatic rings. The van der Waals surface area contributed by atoms with Crippen LogP contribution in [0.4, 0.5) is 13.2 Å². The molecule has 0 amide bonds. The third kappa shape index (κ3) is 7.74. The second-order valence-electron chi connectivity index (χ2n) is 4.14. The second kappa shape index (κ2) is 8.43. The number of alkyl halides is 6. The van der Waals surface area contributed by atoms with Gasteiger partial charge in [0.05, 0.1) is 0 Å². The highest BCUT2D eigenvalue weighted by Gasteiger charge is 2.44. The summed E-state index contributed by atoms with van der Waals surface area (Å²) in [7, 11) is -5.80. The molecule has 1 rings (SSSR count). The number of rotatable bonds is 3. The molecule has 1 N–H and O–H groups in total. The molecule has 1 aliphatic heterocycles. The molecule has 0 bridgehead atoms. The predicted octanol–water partition coefficient (Wildman–Crippen LogP) is 3.29. The molecule has 0 spiro atoms. The van der Waals surface area contributed by atoms with Crippen LogP contribution in [-0.2, 0) is 25.8 Å². The van der Waals surface area contributed by atoms with Crippen molar-refractivity contribution in [2.24, 2.45) is 0 Å². The zero-order valence-electron chi connectivity index (χ0n) is 10.9. The van der Waals surface area contributed by atoms with Crippen molar-refractivity contribution in [3.8, 4) is 0 Å². The number of hydrogen-bond donors (Lipinski definition) is 1. The highest BCUT2D eigenvalue weighted by atomic mass is 35.6. The van der Waals surface area contributed by atoms with Crippen LogP contribution in [0.25, 0.3) is 0 Å². The minimum absolute atomic E-state index is 0.0374. The summed E-state index contributed by atoms with van der Waals surface area (Å²) in [6.45, 7) is 3.76. The quantitative estimate of drug-likeness (QED) is 0.248. The van der Waals surface area contributed by atoms with E-state index in [1.54, 1.807) is 0 Å². The van der Waals surface area contributed by atoms with Crippen LogP contribution in [0.5, 0.6) is 0 Å². The monoisotopic (exact) mass is 423 g/mol. The number of carbonyl (C=O) groups is 1. The summed E-state index contributed by atoms with van der Waals surface area (Å²) in [5.74, 6) is 1.15. The lowest BCUT2D eigenvalue weighted by molar-refractivity contribution is -0.115. The van der Waals surface area contributed by atoms with Gasteiger partial charge in [0.25, 0.3) is 3.79 Å². The van der Waals surface area contributed by atoms with Gasteiger partial charge in [-0.1, -0.05) is 41.4 Å². The van der Waals surface area contributed by atoms with Gasteiger partial charge in [-0.05, 0) is 12.5 Å². The van der Waals surface area contributed by atoms with Crippen LogP contribution in [0, 0.1) is 0 Å². The van der Waals surface area contributed by atoms with Gasteiger partial charge in [0.1, 0.15) is 11.0 Å². The largest absolute Gasteiger partial charge is 0.522 e. The first-order chi connectivity index (χ1) is 9.70. The van der Waals surface area contributed by atoms with Gasteiger partial charge in [-0.3, -0.25) is 9.35 Å². The van der Waals surface area contributed by atoms with E-state index in [2.05, 4.69) is 6.58 Å². The SMILES string of the molecule is C=CC1CCC[S+]1CC(=O)C(Cl)(Cl)Cl.O=S(=O)(O)C(F)(F)F. The Morgan fingerprint density at radius 3 is 2.14 bits per heavy atom. The van der Waals surface area contributed by atoms with Crippen LogP contribution in [0.1, 0.15) is 12.8 Å². The third-order valence-electron chi connectivity index (χ3n) is 2.51. The Kier molecular flexibility index (Phi) is 8.56. The van der Waals surface area contributed by atoms with Crippen LogP contribution >= 0.6 is 34.8 Å². The molecule has 22 heavy (non-hydrogen) atoms. The Balaban J connectivity index is 0.000000472. The molecule has 4 nitrogen and oxygen atoms in total. The van der Waals surface area contributed by atoms with Gasteiger partial charge >= 0.3 is 15.6 Å². The molecule has 12 heteroatoms. The normalized spacial score (nSPS) is 22.7. The summed E-state index contributed by atoms with van der Waals surface area (Å²) in [5.41, 5.74) is -5.53. The molecule has 0 radical (unpaired) electrons.